The monoisotopic (exact) mass is 305 g/mol. The van der Waals surface area contributed by atoms with E-state index in [1.165, 1.54) is 6.20 Å². The Labute approximate surface area is 120 Å². The Morgan fingerprint density at radius 1 is 1.55 bits per heavy atom. The highest BCUT2D eigenvalue weighted by Crippen LogP contribution is 2.38. The lowest BCUT2D eigenvalue weighted by Gasteiger charge is -2.10. The third-order valence-corrected chi connectivity index (χ3v) is 3.78. The van der Waals surface area contributed by atoms with Gasteiger partial charge in [-0.2, -0.15) is 0 Å². The summed E-state index contributed by atoms with van der Waals surface area (Å²) in [6.07, 6.45) is 2.81. The van der Waals surface area contributed by atoms with Gasteiger partial charge in [0.1, 0.15) is 11.1 Å². The van der Waals surface area contributed by atoms with E-state index in [1.54, 1.807) is 4.57 Å². The first-order valence-electron chi connectivity index (χ1n) is 6.49. The third kappa shape index (κ3) is 1.56. The summed E-state index contributed by atoms with van der Waals surface area (Å²) < 4.78 is 20.0. The molecule has 1 N–H and O–H groups in total. The van der Waals surface area contributed by atoms with Crippen LogP contribution in [0.4, 0.5) is 4.39 Å². The molecule has 2 heterocycles. The van der Waals surface area contributed by atoms with E-state index >= 15 is 0 Å². The van der Waals surface area contributed by atoms with Crippen LogP contribution in [0, 0.1) is 11.0 Å². The fourth-order valence-electron chi connectivity index (χ4n) is 2.63. The number of carboxylic acid groups (broad SMARTS) is 1. The van der Waals surface area contributed by atoms with E-state index in [2.05, 4.69) is 9.79 Å². The van der Waals surface area contributed by atoms with Crippen LogP contribution < -0.4 is 10.3 Å². The summed E-state index contributed by atoms with van der Waals surface area (Å²) in [5.41, 5.74) is -1.56. The van der Waals surface area contributed by atoms with Crippen LogP contribution in [0.15, 0.2) is 21.7 Å². The average Bonchev–Trinajstić information content (AvgIpc) is 3.23. The highest BCUT2D eigenvalue weighted by Gasteiger charge is 2.31. The van der Waals surface area contributed by atoms with E-state index < -0.39 is 28.3 Å². The number of fused-ring (bicyclic) bond motifs is 3. The molecule has 0 radical (unpaired) electrons. The van der Waals surface area contributed by atoms with E-state index in [-0.39, 0.29) is 27.4 Å². The Morgan fingerprint density at radius 3 is 2.91 bits per heavy atom. The molecule has 0 atom stereocenters. The smallest absolute Gasteiger partial charge is 0.341 e. The molecule has 0 saturated heterocycles. The van der Waals surface area contributed by atoms with Crippen LogP contribution in [0.1, 0.15) is 29.2 Å². The van der Waals surface area contributed by atoms with Gasteiger partial charge < -0.3 is 14.9 Å². The Balaban J connectivity index is 2.28. The molecule has 0 unspecified atom stereocenters. The minimum absolute atomic E-state index is 0.00772. The third-order valence-electron chi connectivity index (χ3n) is 3.78. The fraction of sp³-hybridized carbons (Fsp3) is 0.231. The highest BCUT2D eigenvalue weighted by molar-refractivity contribution is 6.03. The van der Waals surface area contributed by atoms with Crippen molar-refractivity contribution >= 4 is 27.9 Å². The van der Waals surface area contributed by atoms with Crippen LogP contribution in [0.25, 0.3) is 21.9 Å². The van der Waals surface area contributed by atoms with Crippen LogP contribution in [-0.4, -0.2) is 20.8 Å². The van der Waals surface area contributed by atoms with Gasteiger partial charge in [-0.05, 0) is 23.8 Å². The van der Waals surface area contributed by atoms with Gasteiger partial charge in [0.25, 0.3) is 11.0 Å². The number of pyridine rings is 1. The number of carbonyl (C=O) groups is 1. The Bertz CT molecular complexity index is 1020. The van der Waals surface area contributed by atoms with Crippen LogP contribution in [0.2, 0.25) is 0 Å². The molecule has 3 aromatic rings. The zero-order valence-electron chi connectivity index (χ0n) is 10.9. The number of carboxylic acids is 1. The summed E-state index contributed by atoms with van der Waals surface area (Å²) in [6.45, 7) is 0. The van der Waals surface area contributed by atoms with E-state index in [0.717, 1.165) is 18.9 Å². The maximum absolute atomic E-state index is 14.1. The lowest BCUT2D eigenvalue weighted by molar-refractivity contribution is -0.782. The molecule has 8 nitrogen and oxygen atoms in total. The van der Waals surface area contributed by atoms with Crippen molar-refractivity contribution in [3.63, 3.8) is 0 Å². The average molecular weight is 305 g/mol. The van der Waals surface area contributed by atoms with Crippen molar-refractivity contribution in [2.24, 2.45) is 0 Å². The molecule has 1 saturated carbocycles. The number of aromatic carboxylic acids is 1. The van der Waals surface area contributed by atoms with Crippen LogP contribution >= 0.6 is 0 Å². The number of halogens is 1. The molecular formula is C13H8FN3O5. The molecule has 0 spiro atoms. The van der Waals surface area contributed by atoms with Crippen molar-refractivity contribution in [3.8, 4) is 0 Å². The predicted molar refractivity (Wildman–Crippen MR) is 69.9 cm³/mol. The molecule has 1 aromatic carbocycles. The Kier molecular flexibility index (Phi) is 2.33. The minimum Gasteiger partial charge on any atom is -0.477 e. The Hall–Kier alpha value is -2.97. The zero-order valence-corrected chi connectivity index (χ0v) is 10.9. The number of hydrogen-bond donors (Lipinski definition) is 1. The van der Waals surface area contributed by atoms with Gasteiger partial charge in [0.05, 0.1) is 5.39 Å². The van der Waals surface area contributed by atoms with Crippen molar-refractivity contribution < 1.29 is 23.8 Å². The van der Waals surface area contributed by atoms with Crippen molar-refractivity contribution in [1.82, 2.24) is 9.72 Å². The molecule has 112 valence electrons. The second kappa shape index (κ2) is 4.03. The van der Waals surface area contributed by atoms with Crippen LogP contribution in [0.5, 0.6) is 0 Å². The predicted octanol–water partition coefficient (Wildman–Crippen LogP) is 0.948. The Morgan fingerprint density at radius 2 is 2.27 bits per heavy atom. The van der Waals surface area contributed by atoms with Gasteiger partial charge >= 0.3 is 5.97 Å². The molecule has 2 aromatic heterocycles. The lowest BCUT2D eigenvalue weighted by atomic mass is 10.1. The van der Waals surface area contributed by atoms with Crippen LogP contribution in [-0.2, 0) is 0 Å². The summed E-state index contributed by atoms with van der Waals surface area (Å²) in [5.74, 6) is -2.37. The number of aromatic nitrogens is 3. The molecule has 0 bridgehead atoms. The zero-order chi connectivity index (χ0) is 15.6. The second-order valence-electron chi connectivity index (χ2n) is 5.20. The molecule has 1 aliphatic rings. The topological polar surface area (TPSA) is 112 Å². The van der Waals surface area contributed by atoms with Gasteiger partial charge in [0.15, 0.2) is 5.82 Å². The number of rotatable bonds is 2. The van der Waals surface area contributed by atoms with Gasteiger partial charge in [0.2, 0.25) is 5.43 Å². The maximum Gasteiger partial charge on any atom is 0.341 e. The van der Waals surface area contributed by atoms with E-state index in [0.29, 0.717) is 0 Å². The first-order valence-corrected chi connectivity index (χ1v) is 6.49. The molecule has 22 heavy (non-hydrogen) atoms. The second-order valence-corrected chi connectivity index (χ2v) is 5.20. The quantitative estimate of drug-likeness (QED) is 0.705. The summed E-state index contributed by atoms with van der Waals surface area (Å²) in [6, 6.07) is 0.850. The molecule has 0 amide bonds. The van der Waals surface area contributed by atoms with Crippen molar-refractivity contribution in [3.05, 3.63) is 39.1 Å². The van der Waals surface area contributed by atoms with Gasteiger partial charge in [-0.1, -0.05) is 0 Å². The van der Waals surface area contributed by atoms with Crippen molar-refractivity contribution in [2.45, 2.75) is 18.9 Å². The summed E-state index contributed by atoms with van der Waals surface area (Å²) in [7, 11) is 0. The molecule has 1 fully saturated rings. The van der Waals surface area contributed by atoms with Crippen molar-refractivity contribution in [1.29, 1.82) is 0 Å². The van der Waals surface area contributed by atoms with Crippen LogP contribution in [0.3, 0.4) is 0 Å². The van der Waals surface area contributed by atoms with Gasteiger partial charge in [0, 0.05) is 17.4 Å². The van der Waals surface area contributed by atoms with E-state index in [1.807, 2.05) is 0 Å². The first kappa shape index (κ1) is 12.7. The summed E-state index contributed by atoms with van der Waals surface area (Å²) >= 11 is 0. The lowest BCUT2D eigenvalue weighted by Crippen LogP contribution is -2.24. The molecule has 9 heteroatoms. The van der Waals surface area contributed by atoms with Gasteiger partial charge in [-0.3, -0.25) is 9.42 Å². The summed E-state index contributed by atoms with van der Waals surface area (Å²) in [5, 5.41) is 24.0. The SMILES string of the molecule is O=C(O)c1cn(C2CC2)c2c(cc(F)c3c2no[n+]3[O-])c1=O. The number of nitrogens with zero attached hydrogens (tertiary/aromatic N) is 3. The molecule has 1 aliphatic carbocycles. The largest absolute Gasteiger partial charge is 0.477 e. The standard InChI is InChI=1S/C13H8FN3O5/c14-8-3-6-10(9-11(8)17(21)22-15-9)16(5-1-2-5)4-7(12(6)18)13(19)20/h3-5H,1-2H2,(H,19,20). The maximum atomic E-state index is 14.1. The van der Waals surface area contributed by atoms with Crippen molar-refractivity contribution in [2.75, 3.05) is 0 Å². The highest BCUT2D eigenvalue weighted by atomic mass is 19.1. The first-order chi connectivity index (χ1) is 10.5. The van der Waals surface area contributed by atoms with E-state index in [4.69, 9.17) is 5.11 Å². The van der Waals surface area contributed by atoms with Gasteiger partial charge in [-0.15, -0.1) is 0 Å². The van der Waals surface area contributed by atoms with Gasteiger partial charge in [-0.25, -0.2) is 9.18 Å². The minimum atomic E-state index is -1.39. The fourth-order valence-corrected chi connectivity index (χ4v) is 2.63. The van der Waals surface area contributed by atoms with E-state index in [9.17, 15) is 19.2 Å². The molecule has 4 rings (SSSR count). The molecule has 0 aliphatic heterocycles. The summed E-state index contributed by atoms with van der Waals surface area (Å²) in [4.78, 5) is 23.4. The number of hydrogen-bond acceptors (Lipinski definition) is 5. The number of benzene rings is 1. The molecular weight excluding hydrogens is 297 g/mol. The normalized spacial score (nSPS) is 14.8.